The van der Waals surface area contributed by atoms with Gasteiger partial charge in [-0.25, -0.2) is 0 Å². The molecule has 0 saturated carbocycles. The van der Waals surface area contributed by atoms with E-state index in [1.54, 1.807) is 0 Å². The van der Waals surface area contributed by atoms with Gasteiger partial charge in [0.1, 0.15) is 22.7 Å². The first kappa shape index (κ1) is 43.2. The normalized spacial score (nSPS) is 13.6. The van der Waals surface area contributed by atoms with Gasteiger partial charge in [-0.3, -0.25) is 0 Å². The molecule has 7 heteroatoms. The van der Waals surface area contributed by atoms with Crippen molar-refractivity contribution in [2.75, 3.05) is 9.80 Å². The molecule has 0 fully saturated rings. The lowest BCUT2D eigenvalue weighted by Crippen LogP contribution is -2.59. The zero-order valence-electron chi connectivity index (χ0n) is 41.8. The van der Waals surface area contributed by atoms with Gasteiger partial charge in [0.05, 0.1) is 22.7 Å². The zero-order chi connectivity index (χ0) is 48.3. The molecule has 0 bridgehead atoms. The van der Waals surface area contributed by atoms with Crippen LogP contribution in [0.5, 0.6) is 0 Å². The first-order valence-electron chi connectivity index (χ1n) is 24.6. The second-order valence-corrected chi connectivity index (χ2v) is 24.3. The number of hydrogen-bond acceptors (Lipinski definition) is 6. The number of aryl methyl sites for hydroxylation is 5. The van der Waals surface area contributed by atoms with Crippen molar-refractivity contribution in [1.29, 1.82) is 0 Å². The summed E-state index contributed by atoms with van der Waals surface area (Å²) in [6.45, 7) is 25.5. The first-order chi connectivity index (χ1) is 33.5. The van der Waals surface area contributed by atoms with Crippen LogP contribution in [0.15, 0.2) is 142 Å². The molecule has 70 heavy (non-hydrogen) atoms. The van der Waals surface area contributed by atoms with Crippen molar-refractivity contribution < 1.29 is 8.83 Å². The summed E-state index contributed by atoms with van der Waals surface area (Å²) in [5.41, 5.74) is 21.6. The summed E-state index contributed by atoms with van der Waals surface area (Å²) in [5.74, 6) is 1.78. The van der Waals surface area contributed by atoms with Crippen LogP contribution in [0.1, 0.15) is 80.5 Å². The van der Waals surface area contributed by atoms with Crippen LogP contribution in [0.2, 0.25) is 0 Å². The van der Waals surface area contributed by atoms with E-state index in [2.05, 4.69) is 207 Å². The van der Waals surface area contributed by atoms with Gasteiger partial charge in [-0.15, -0.1) is 22.7 Å². The number of furan rings is 2. The van der Waals surface area contributed by atoms with Gasteiger partial charge in [-0.05, 0) is 175 Å². The maximum atomic E-state index is 6.50. The predicted octanol–water partition coefficient (Wildman–Crippen LogP) is 17.2. The lowest BCUT2D eigenvalue weighted by atomic mass is 9.39. The molecule has 13 rings (SSSR count). The van der Waals surface area contributed by atoms with Crippen LogP contribution >= 0.6 is 22.7 Å². The summed E-state index contributed by atoms with van der Waals surface area (Å²) in [6.07, 6.45) is 0. The average Bonchev–Trinajstić information content (AvgIpc) is 4.11. The van der Waals surface area contributed by atoms with Crippen molar-refractivity contribution in [3.8, 4) is 22.6 Å². The van der Waals surface area contributed by atoms with Crippen LogP contribution in [-0.2, 0) is 10.8 Å². The molecule has 0 spiro atoms. The van der Waals surface area contributed by atoms with Crippen molar-refractivity contribution in [3.05, 3.63) is 172 Å². The fourth-order valence-corrected chi connectivity index (χ4v) is 14.3. The lowest BCUT2D eigenvalue weighted by molar-refractivity contribution is 0.591. The molecular formula is C63H55BN2O2S2. The third-order valence-corrected chi connectivity index (χ3v) is 17.4. The molecule has 0 saturated heterocycles. The van der Waals surface area contributed by atoms with E-state index in [4.69, 9.17) is 8.83 Å². The van der Waals surface area contributed by atoms with Gasteiger partial charge in [0.25, 0.3) is 6.71 Å². The molecule has 2 aliphatic rings. The summed E-state index contributed by atoms with van der Waals surface area (Å²) < 4.78 is 18.4. The zero-order valence-corrected chi connectivity index (χ0v) is 43.4. The number of rotatable bonds is 4. The van der Waals surface area contributed by atoms with Crippen LogP contribution < -0.4 is 24.8 Å². The van der Waals surface area contributed by atoms with Gasteiger partial charge >= 0.3 is 0 Å². The average molecular weight is 947 g/mol. The Hall–Kier alpha value is -6.80. The third kappa shape index (κ3) is 6.47. The van der Waals surface area contributed by atoms with Crippen molar-refractivity contribution in [2.24, 2.45) is 0 Å². The number of fused-ring (bicyclic) bond motifs is 10. The van der Waals surface area contributed by atoms with Gasteiger partial charge in [-0.1, -0.05) is 90.1 Å². The number of nitrogens with zero attached hydrogens (tertiary/aromatic N) is 2. The van der Waals surface area contributed by atoms with Gasteiger partial charge in [0.2, 0.25) is 0 Å². The van der Waals surface area contributed by atoms with E-state index in [9.17, 15) is 0 Å². The Balaban J connectivity index is 1.11. The van der Waals surface area contributed by atoms with E-state index in [1.165, 1.54) is 108 Å². The highest BCUT2D eigenvalue weighted by molar-refractivity contribution is 7.40. The van der Waals surface area contributed by atoms with Crippen LogP contribution in [0.25, 0.3) is 64.8 Å². The molecule has 4 nitrogen and oxygen atoms in total. The van der Waals surface area contributed by atoms with Gasteiger partial charge in [0, 0.05) is 63.0 Å². The quantitative estimate of drug-likeness (QED) is 0.165. The lowest BCUT2D eigenvalue weighted by Gasteiger charge is -2.43. The number of para-hydroxylation sites is 2. The van der Waals surface area contributed by atoms with E-state index in [0.29, 0.717) is 0 Å². The molecule has 2 aliphatic heterocycles. The van der Waals surface area contributed by atoms with Gasteiger partial charge in [0.15, 0.2) is 0 Å². The first-order valence-corrected chi connectivity index (χ1v) is 26.2. The fraction of sp³-hybridized carbons (Fsp3) is 0.206. The van der Waals surface area contributed by atoms with Crippen molar-refractivity contribution in [2.45, 2.75) is 87.0 Å². The van der Waals surface area contributed by atoms with E-state index < -0.39 is 0 Å². The van der Waals surface area contributed by atoms with E-state index in [1.807, 2.05) is 34.8 Å². The summed E-state index contributed by atoms with van der Waals surface area (Å²) in [4.78, 5) is 5.32. The minimum atomic E-state index is -0.0192. The van der Waals surface area contributed by atoms with Crippen LogP contribution in [-0.4, -0.2) is 6.71 Å². The molecule has 0 amide bonds. The Morgan fingerprint density at radius 1 is 0.443 bits per heavy atom. The molecule has 7 aromatic carbocycles. The summed E-state index contributed by atoms with van der Waals surface area (Å²) in [7, 11) is 0. The monoisotopic (exact) mass is 946 g/mol. The Bertz CT molecular complexity index is 3650. The van der Waals surface area contributed by atoms with E-state index in [-0.39, 0.29) is 17.5 Å². The number of benzene rings is 7. The highest BCUT2D eigenvalue weighted by Crippen LogP contribution is 2.54. The largest absolute Gasteiger partial charge is 0.456 e. The minimum absolute atomic E-state index is 0.0192. The standard InChI is InChI=1S/C63H55BN2O2S2/c1-34-24-47-55-48(25-34)66(57-37(4)28-42(29-38(57)5)52-31-40-17-13-15-19-50(40)68-52)59-46-33-44(63(9,10)11)21-23-54(46)70-61(59)64(55)60-58(45-32-43(62(6,7)8)20-22-53(45)69-60)65(47)56-35(2)26-41(27-36(56)3)51-30-39-16-12-14-18-49(39)67-51/h12-33H,1-11H3. The molecule has 0 unspecified atom stereocenters. The number of hydrogen-bond donors (Lipinski definition) is 0. The van der Waals surface area contributed by atoms with Crippen molar-refractivity contribution in [3.63, 3.8) is 0 Å². The minimum Gasteiger partial charge on any atom is -0.456 e. The SMILES string of the molecule is Cc1cc2c3c(c1)N(c1c(C)cc(-c4cc5ccccc5o4)cc1C)c1c(sc4ccc(C(C)(C)C)cc14)B3c1sc3ccc(C(C)(C)C)cc3c1N2c1c(C)cc(-c2cc3ccccc3o2)cc1C. The smallest absolute Gasteiger partial charge is 0.277 e. The molecule has 0 N–H and O–H groups in total. The van der Waals surface area contributed by atoms with Crippen molar-refractivity contribution in [1.82, 2.24) is 0 Å². The highest BCUT2D eigenvalue weighted by Gasteiger charge is 2.48. The van der Waals surface area contributed by atoms with E-state index >= 15 is 0 Å². The molecule has 6 heterocycles. The van der Waals surface area contributed by atoms with Crippen LogP contribution in [0, 0.1) is 34.6 Å². The molecular weight excluding hydrogens is 892 g/mol. The van der Waals surface area contributed by atoms with Gasteiger partial charge in [-0.2, -0.15) is 0 Å². The summed E-state index contributed by atoms with van der Waals surface area (Å²) in [5, 5.41) is 4.86. The maximum Gasteiger partial charge on any atom is 0.277 e. The van der Waals surface area contributed by atoms with Crippen molar-refractivity contribution >= 4 is 121 Å². The molecule has 11 aromatic rings. The molecule has 4 aromatic heterocycles. The Kier molecular flexibility index (Phi) is 9.33. The molecule has 0 radical (unpaired) electrons. The topological polar surface area (TPSA) is 32.8 Å². The van der Waals surface area contributed by atoms with E-state index in [0.717, 1.165) is 44.6 Å². The number of anilines is 6. The molecule has 0 atom stereocenters. The second kappa shape index (κ2) is 15.1. The molecule has 344 valence electrons. The van der Waals surface area contributed by atoms with Crippen LogP contribution in [0.4, 0.5) is 34.1 Å². The third-order valence-electron chi connectivity index (χ3n) is 15.0. The molecule has 0 aliphatic carbocycles. The highest BCUT2D eigenvalue weighted by atomic mass is 32.1. The second-order valence-electron chi connectivity index (χ2n) is 22.1. The van der Waals surface area contributed by atoms with Crippen LogP contribution in [0.3, 0.4) is 0 Å². The Labute approximate surface area is 418 Å². The fourth-order valence-electron chi connectivity index (χ4n) is 11.7. The Morgan fingerprint density at radius 3 is 1.23 bits per heavy atom. The summed E-state index contributed by atoms with van der Waals surface area (Å²) >= 11 is 3.96. The predicted molar refractivity (Wildman–Crippen MR) is 303 cm³/mol. The number of thiophene rings is 2. The summed E-state index contributed by atoms with van der Waals surface area (Å²) in [6, 6.07) is 49.8. The Morgan fingerprint density at radius 2 is 0.843 bits per heavy atom. The van der Waals surface area contributed by atoms with Gasteiger partial charge < -0.3 is 18.6 Å². The maximum absolute atomic E-state index is 6.50.